The van der Waals surface area contributed by atoms with Gasteiger partial charge in [0.25, 0.3) is 5.91 Å². The second-order valence-corrected chi connectivity index (χ2v) is 9.18. The predicted octanol–water partition coefficient (Wildman–Crippen LogP) is 3.02. The Hall–Kier alpha value is -3.07. The normalized spacial score (nSPS) is 12.2. The van der Waals surface area contributed by atoms with Gasteiger partial charge in [0.1, 0.15) is 11.8 Å². The van der Waals surface area contributed by atoms with Gasteiger partial charge in [-0.25, -0.2) is 8.42 Å². The minimum Gasteiger partial charge on any atom is -0.494 e. The van der Waals surface area contributed by atoms with Crippen molar-refractivity contribution in [2.75, 3.05) is 22.5 Å². The van der Waals surface area contributed by atoms with Crippen molar-refractivity contribution >= 4 is 33.2 Å². The lowest BCUT2D eigenvalue weighted by atomic mass is 10.1. The van der Waals surface area contributed by atoms with Gasteiger partial charge in [-0.1, -0.05) is 12.1 Å². The Balaban J connectivity index is 2.30. The summed E-state index contributed by atoms with van der Waals surface area (Å²) in [5.74, 6) is -0.295. The van der Waals surface area contributed by atoms with Crippen LogP contribution in [0.3, 0.4) is 0 Å². The van der Waals surface area contributed by atoms with E-state index in [4.69, 9.17) is 4.74 Å². The number of carbonyl (C=O) groups is 2. The van der Waals surface area contributed by atoms with Crippen molar-refractivity contribution in [2.45, 2.75) is 39.8 Å². The van der Waals surface area contributed by atoms with Crippen LogP contribution >= 0.6 is 0 Å². The summed E-state index contributed by atoms with van der Waals surface area (Å²) in [4.78, 5) is 25.4. The van der Waals surface area contributed by atoms with Crippen LogP contribution in [0.2, 0.25) is 0 Å². The molecule has 0 unspecified atom stereocenters. The van der Waals surface area contributed by atoms with Crippen molar-refractivity contribution < 1.29 is 22.7 Å². The highest BCUT2D eigenvalue weighted by Gasteiger charge is 2.30. The zero-order valence-electron chi connectivity index (χ0n) is 18.4. The molecular formula is C22H29N3O5S. The molecule has 2 N–H and O–H groups in total. The van der Waals surface area contributed by atoms with Gasteiger partial charge in [-0.15, -0.1) is 0 Å². The number of rotatable bonds is 9. The number of ether oxygens (including phenoxy) is 1. The van der Waals surface area contributed by atoms with Crippen LogP contribution in [0.25, 0.3) is 0 Å². The van der Waals surface area contributed by atoms with E-state index in [1.165, 1.54) is 6.92 Å². The maximum atomic E-state index is 13.0. The first-order chi connectivity index (χ1) is 14.5. The predicted molar refractivity (Wildman–Crippen MR) is 122 cm³/mol. The number of anilines is 2. The fraction of sp³-hybridized carbons (Fsp3) is 0.364. The van der Waals surface area contributed by atoms with Crippen LogP contribution in [0.1, 0.15) is 38.1 Å². The smallest absolute Gasteiger partial charge is 0.253 e. The number of carbonyl (C=O) groups excluding carboxylic acids is 2. The van der Waals surface area contributed by atoms with Gasteiger partial charge < -0.3 is 15.4 Å². The van der Waals surface area contributed by atoms with E-state index in [0.29, 0.717) is 29.3 Å². The van der Waals surface area contributed by atoms with E-state index >= 15 is 0 Å². The van der Waals surface area contributed by atoms with Gasteiger partial charge in [-0.3, -0.25) is 13.9 Å². The quantitative estimate of drug-likeness (QED) is 0.615. The van der Waals surface area contributed by atoms with Crippen molar-refractivity contribution in [1.82, 2.24) is 5.32 Å². The minimum absolute atomic E-state index is 0.0735. The first-order valence-electron chi connectivity index (χ1n) is 9.97. The third-order valence-electron chi connectivity index (χ3n) is 4.34. The standard InChI is InChI=1S/C22H29N3O5S/c1-6-30-18-13-11-17(12-14-18)25(31(5,28)29)16(4)21(26)24-20-10-8-7-9-19(20)22(27)23-15(2)3/h7-16H,6H2,1-5H3,(H,23,27)(H,24,26)/t16-/m1/s1. The SMILES string of the molecule is CCOc1ccc(N([C@H](C)C(=O)Nc2ccccc2C(=O)NC(C)C)S(C)(=O)=O)cc1. The molecule has 168 valence electrons. The van der Waals surface area contributed by atoms with Gasteiger partial charge in [0.15, 0.2) is 0 Å². The molecule has 1 atom stereocenters. The fourth-order valence-corrected chi connectivity index (χ4v) is 4.21. The molecule has 2 amide bonds. The third kappa shape index (κ3) is 6.45. The second kappa shape index (κ2) is 10.3. The van der Waals surface area contributed by atoms with E-state index in [9.17, 15) is 18.0 Å². The molecule has 0 aliphatic heterocycles. The summed E-state index contributed by atoms with van der Waals surface area (Å²) in [7, 11) is -3.77. The maximum Gasteiger partial charge on any atom is 0.253 e. The van der Waals surface area contributed by atoms with Crippen molar-refractivity contribution in [3.63, 3.8) is 0 Å². The molecule has 0 bridgehead atoms. The molecule has 0 aliphatic rings. The molecule has 0 heterocycles. The number of benzene rings is 2. The minimum atomic E-state index is -3.77. The molecule has 0 fully saturated rings. The van der Waals surface area contributed by atoms with E-state index < -0.39 is 22.0 Å². The van der Waals surface area contributed by atoms with E-state index in [1.807, 2.05) is 20.8 Å². The number of nitrogens with one attached hydrogen (secondary N) is 2. The summed E-state index contributed by atoms with van der Waals surface area (Å²) in [6.45, 7) is 7.49. The topological polar surface area (TPSA) is 105 Å². The summed E-state index contributed by atoms with van der Waals surface area (Å²) in [5.41, 5.74) is 0.931. The van der Waals surface area contributed by atoms with Gasteiger partial charge in [0.2, 0.25) is 15.9 Å². The monoisotopic (exact) mass is 447 g/mol. The molecule has 0 aliphatic carbocycles. The Morgan fingerprint density at radius 1 is 1.03 bits per heavy atom. The molecule has 2 rings (SSSR count). The zero-order valence-corrected chi connectivity index (χ0v) is 19.2. The number of nitrogens with zero attached hydrogens (tertiary/aromatic N) is 1. The van der Waals surface area contributed by atoms with Gasteiger partial charge >= 0.3 is 0 Å². The lowest BCUT2D eigenvalue weighted by molar-refractivity contribution is -0.116. The first-order valence-corrected chi connectivity index (χ1v) is 11.8. The van der Waals surface area contributed by atoms with Crippen molar-refractivity contribution in [3.8, 4) is 5.75 Å². The zero-order chi connectivity index (χ0) is 23.2. The van der Waals surface area contributed by atoms with E-state index in [1.54, 1.807) is 48.5 Å². The Labute approximate surface area is 183 Å². The van der Waals surface area contributed by atoms with Crippen LogP contribution in [0.4, 0.5) is 11.4 Å². The Morgan fingerprint density at radius 2 is 1.65 bits per heavy atom. The van der Waals surface area contributed by atoms with Gasteiger partial charge in [0.05, 0.1) is 29.8 Å². The molecule has 31 heavy (non-hydrogen) atoms. The third-order valence-corrected chi connectivity index (χ3v) is 5.58. The fourth-order valence-electron chi connectivity index (χ4n) is 3.03. The molecule has 2 aromatic carbocycles. The molecule has 9 heteroatoms. The molecular weight excluding hydrogens is 418 g/mol. The molecule has 0 spiro atoms. The number of hydrogen-bond donors (Lipinski definition) is 2. The summed E-state index contributed by atoms with van der Waals surface area (Å²) >= 11 is 0. The number of para-hydroxylation sites is 1. The number of amides is 2. The van der Waals surface area contributed by atoms with Crippen LogP contribution in [-0.2, 0) is 14.8 Å². The lowest BCUT2D eigenvalue weighted by Crippen LogP contribution is -2.45. The average molecular weight is 448 g/mol. The highest BCUT2D eigenvalue weighted by molar-refractivity contribution is 7.92. The molecule has 2 aromatic rings. The van der Waals surface area contributed by atoms with Crippen molar-refractivity contribution in [1.29, 1.82) is 0 Å². The molecule has 0 saturated heterocycles. The van der Waals surface area contributed by atoms with Crippen LogP contribution in [0.15, 0.2) is 48.5 Å². The van der Waals surface area contributed by atoms with Crippen LogP contribution in [-0.4, -0.2) is 45.2 Å². The number of hydrogen-bond acceptors (Lipinski definition) is 5. The van der Waals surface area contributed by atoms with Crippen LogP contribution < -0.4 is 19.7 Å². The summed E-state index contributed by atoms with van der Waals surface area (Å²) in [6.07, 6.45) is 1.04. The van der Waals surface area contributed by atoms with Gasteiger partial charge in [-0.2, -0.15) is 0 Å². The lowest BCUT2D eigenvalue weighted by Gasteiger charge is -2.28. The average Bonchev–Trinajstić information content (AvgIpc) is 2.68. The maximum absolute atomic E-state index is 13.0. The molecule has 8 nitrogen and oxygen atoms in total. The Morgan fingerprint density at radius 3 is 2.19 bits per heavy atom. The highest BCUT2D eigenvalue weighted by Crippen LogP contribution is 2.25. The molecule has 0 aromatic heterocycles. The summed E-state index contributed by atoms with van der Waals surface area (Å²) in [6, 6.07) is 11.9. The summed E-state index contributed by atoms with van der Waals surface area (Å²) < 4.78 is 31.4. The molecule has 0 saturated carbocycles. The van der Waals surface area contributed by atoms with E-state index in [2.05, 4.69) is 10.6 Å². The Bertz CT molecular complexity index is 1020. The van der Waals surface area contributed by atoms with Crippen LogP contribution in [0, 0.1) is 0 Å². The van der Waals surface area contributed by atoms with Gasteiger partial charge in [-0.05, 0) is 64.1 Å². The van der Waals surface area contributed by atoms with Crippen molar-refractivity contribution in [2.24, 2.45) is 0 Å². The van der Waals surface area contributed by atoms with Crippen molar-refractivity contribution in [3.05, 3.63) is 54.1 Å². The second-order valence-electron chi connectivity index (χ2n) is 7.32. The first kappa shape index (κ1) is 24.2. The highest BCUT2D eigenvalue weighted by atomic mass is 32.2. The van der Waals surface area contributed by atoms with Gasteiger partial charge in [0, 0.05) is 6.04 Å². The van der Waals surface area contributed by atoms with Crippen LogP contribution in [0.5, 0.6) is 5.75 Å². The summed E-state index contributed by atoms with van der Waals surface area (Å²) in [5, 5.41) is 5.47. The van der Waals surface area contributed by atoms with E-state index in [-0.39, 0.29) is 11.9 Å². The van der Waals surface area contributed by atoms with E-state index in [0.717, 1.165) is 10.6 Å². The number of sulfonamides is 1. The largest absolute Gasteiger partial charge is 0.494 e. The Kier molecular flexibility index (Phi) is 8.04. The molecule has 0 radical (unpaired) electrons.